The number of anilines is 1. The Morgan fingerprint density at radius 1 is 1.22 bits per heavy atom. The molecule has 0 amide bonds. The van der Waals surface area contributed by atoms with Crippen LogP contribution in [-0.2, 0) is 9.53 Å². The number of nitrogens with one attached hydrogen (secondary N) is 1. The normalized spacial score (nSPS) is 29.9. The van der Waals surface area contributed by atoms with Gasteiger partial charge in [0.05, 0.1) is 12.5 Å². The van der Waals surface area contributed by atoms with Gasteiger partial charge in [0.1, 0.15) is 5.52 Å². The van der Waals surface area contributed by atoms with Gasteiger partial charge in [0, 0.05) is 17.7 Å². The molecular weight excluding hydrogens is 364 g/mol. The van der Waals surface area contributed by atoms with Crippen molar-refractivity contribution in [2.75, 3.05) is 11.9 Å². The van der Waals surface area contributed by atoms with E-state index < -0.39 is 0 Å². The van der Waals surface area contributed by atoms with Crippen LogP contribution in [0.2, 0.25) is 5.28 Å². The van der Waals surface area contributed by atoms with Gasteiger partial charge in [-0.1, -0.05) is 0 Å². The van der Waals surface area contributed by atoms with Gasteiger partial charge >= 0.3 is 5.97 Å². The number of carbonyl (C=O) groups excluding carboxylic acids is 1. The summed E-state index contributed by atoms with van der Waals surface area (Å²) in [4.78, 5) is 17.2. The first-order valence-corrected chi connectivity index (χ1v) is 10.5. The van der Waals surface area contributed by atoms with Crippen molar-refractivity contribution in [2.24, 2.45) is 17.8 Å². The van der Waals surface area contributed by atoms with Crippen LogP contribution in [0.25, 0.3) is 5.52 Å². The minimum absolute atomic E-state index is 0.0468. The van der Waals surface area contributed by atoms with Crippen LogP contribution in [0, 0.1) is 17.8 Å². The lowest BCUT2D eigenvalue weighted by Crippen LogP contribution is -2.52. The fourth-order valence-electron chi connectivity index (χ4n) is 5.18. The molecule has 27 heavy (non-hydrogen) atoms. The Kier molecular flexibility index (Phi) is 4.26. The Hall–Kier alpha value is -1.82. The van der Waals surface area contributed by atoms with E-state index in [1.54, 1.807) is 0 Å². The standard InChI is InChI=1S/C20H25ClN4O2/c1-2-27-19(26)16-12-5-7-13(8-6-12)17(16)22-18-15-10-9-14(11-3-4-11)25(15)24-20(21)23-18/h9-13,16-17H,2-8H2,1H3,(H,22,23,24). The molecule has 6 nitrogen and oxygen atoms in total. The first kappa shape index (κ1) is 17.3. The summed E-state index contributed by atoms with van der Waals surface area (Å²) in [5, 5.41) is 8.26. The molecule has 2 heterocycles. The SMILES string of the molecule is CCOC(=O)C1C2CCC(CC2)C1Nc1nc(Cl)nn2c(C3CC3)ccc12. The van der Waals surface area contributed by atoms with Gasteiger partial charge in [-0.15, -0.1) is 5.10 Å². The largest absolute Gasteiger partial charge is 0.466 e. The molecule has 0 saturated heterocycles. The van der Waals surface area contributed by atoms with E-state index in [9.17, 15) is 4.79 Å². The van der Waals surface area contributed by atoms with Crippen molar-refractivity contribution in [2.45, 2.75) is 57.4 Å². The summed E-state index contributed by atoms with van der Waals surface area (Å²) in [6.45, 7) is 2.29. The molecule has 2 atom stereocenters. The summed E-state index contributed by atoms with van der Waals surface area (Å²) in [6, 6.07) is 4.23. The zero-order chi connectivity index (χ0) is 18.5. The lowest BCUT2D eigenvalue weighted by molar-refractivity contribution is -0.154. The predicted octanol–water partition coefficient (Wildman–Crippen LogP) is 4.04. The van der Waals surface area contributed by atoms with E-state index >= 15 is 0 Å². The highest BCUT2D eigenvalue weighted by atomic mass is 35.5. The Bertz CT molecular complexity index is 870. The first-order valence-electron chi connectivity index (χ1n) is 10.1. The topological polar surface area (TPSA) is 68.5 Å². The van der Waals surface area contributed by atoms with Gasteiger partial charge in [-0.2, -0.15) is 4.98 Å². The van der Waals surface area contributed by atoms with Crippen molar-refractivity contribution >= 4 is 28.9 Å². The molecule has 2 unspecified atom stereocenters. The molecule has 4 saturated carbocycles. The Morgan fingerprint density at radius 3 is 2.67 bits per heavy atom. The molecule has 7 heteroatoms. The van der Waals surface area contributed by atoms with Crippen LogP contribution in [0.15, 0.2) is 12.1 Å². The third kappa shape index (κ3) is 2.98. The van der Waals surface area contributed by atoms with Crippen molar-refractivity contribution in [3.05, 3.63) is 23.1 Å². The minimum atomic E-state index is -0.107. The number of aromatic nitrogens is 3. The molecule has 2 aromatic rings. The average Bonchev–Trinajstić information content (AvgIpc) is 3.42. The van der Waals surface area contributed by atoms with Crippen molar-refractivity contribution in [3.8, 4) is 0 Å². The van der Waals surface area contributed by atoms with Crippen molar-refractivity contribution in [1.82, 2.24) is 14.6 Å². The summed E-state index contributed by atoms with van der Waals surface area (Å²) in [6.07, 6.45) is 6.94. The number of hydrogen-bond donors (Lipinski definition) is 1. The molecular formula is C20H25ClN4O2. The zero-order valence-electron chi connectivity index (χ0n) is 15.5. The van der Waals surface area contributed by atoms with Crippen molar-refractivity contribution < 1.29 is 9.53 Å². The fraction of sp³-hybridized carbons (Fsp3) is 0.650. The molecule has 2 aromatic heterocycles. The third-order valence-electron chi connectivity index (χ3n) is 6.59. The number of carbonyl (C=O) groups is 1. The molecule has 4 aliphatic rings. The number of hydrogen-bond acceptors (Lipinski definition) is 5. The van der Waals surface area contributed by atoms with Crippen LogP contribution < -0.4 is 5.32 Å². The molecule has 0 radical (unpaired) electrons. The highest BCUT2D eigenvalue weighted by Crippen LogP contribution is 2.47. The van der Waals surface area contributed by atoms with Crippen molar-refractivity contribution in [3.63, 3.8) is 0 Å². The summed E-state index contributed by atoms with van der Waals surface area (Å²) >= 11 is 6.25. The second kappa shape index (κ2) is 6.66. The second-order valence-electron chi connectivity index (χ2n) is 8.18. The van der Waals surface area contributed by atoms with Crippen LogP contribution >= 0.6 is 11.6 Å². The summed E-state index contributed by atoms with van der Waals surface area (Å²) in [5.74, 6) is 1.99. The number of halogens is 1. The van der Waals surface area contributed by atoms with E-state index in [-0.39, 0.29) is 23.2 Å². The molecule has 4 fully saturated rings. The van der Waals surface area contributed by atoms with Gasteiger partial charge in [0.2, 0.25) is 5.28 Å². The smallest absolute Gasteiger partial charge is 0.311 e. The van der Waals surface area contributed by atoms with Gasteiger partial charge in [-0.05, 0) is 81.0 Å². The van der Waals surface area contributed by atoms with Crippen molar-refractivity contribution in [1.29, 1.82) is 0 Å². The lowest BCUT2D eigenvalue weighted by atomic mass is 9.61. The second-order valence-corrected chi connectivity index (χ2v) is 8.52. The number of fused-ring (bicyclic) bond motifs is 4. The van der Waals surface area contributed by atoms with Crippen LogP contribution in [-0.4, -0.2) is 33.2 Å². The number of ether oxygens (including phenoxy) is 1. The molecule has 6 rings (SSSR count). The van der Waals surface area contributed by atoms with Gasteiger partial charge in [0.15, 0.2) is 5.82 Å². The predicted molar refractivity (Wildman–Crippen MR) is 103 cm³/mol. The molecule has 144 valence electrons. The Balaban J connectivity index is 1.50. The fourth-order valence-corrected chi connectivity index (χ4v) is 5.34. The zero-order valence-corrected chi connectivity index (χ0v) is 16.3. The maximum atomic E-state index is 12.7. The molecule has 2 bridgehead atoms. The van der Waals surface area contributed by atoms with Crippen LogP contribution in [0.4, 0.5) is 5.82 Å². The average molecular weight is 389 g/mol. The molecule has 4 aliphatic carbocycles. The Labute approximate surface area is 163 Å². The highest BCUT2D eigenvalue weighted by Gasteiger charge is 2.48. The van der Waals surface area contributed by atoms with E-state index in [4.69, 9.17) is 16.3 Å². The Morgan fingerprint density at radius 2 is 1.96 bits per heavy atom. The number of nitrogens with zero attached hydrogens (tertiary/aromatic N) is 3. The van der Waals surface area contributed by atoms with E-state index in [1.165, 1.54) is 18.5 Å². The van der Waals surface area contributed by atoms with E-state index in [1.807, 2.05) is 11.4 Å². The van der Waals surface area contributed by atoms with Gasteiger partial charge in [-0.25, -0.2) is 4.52 Å². The highest BCUT2D eigenvalue weighted by molar-refractivity contribution is 6.28. The molecule has 0 aromatic carbocycles. The third-order valence-corrected chi connectivity index (χ3v) is 6.75. The van der Waals surface area contributed by atoms with Crippen LogP contribution in [0.3, 0.4) is 0 Å². The van der Waals surface area contributed by atoms with E-state index in [0.29, 0.717) is 24.4 Å². The van der Waals surface area contributed by atoms with Crippen LogP contribution in [0.1, 0.15) is 57.1 Å². The summed E-state index contributed by atoms with van der Waals surface area (Å²) in [5.41, 5.74) is 2.13. The van der Waals surface area contributed by atoms with E-state index in [2.05, 4.69) is 27.5 Å². The van der Waals surface area contributed by atoms with Gasteiger partial charge in [-0.3, -0.25) is 4.79 Å². The van der Waals surface area contributed by atoms with Gasteiger partial charge in [0.25, 0.3) is 0 Å². The quantitative estimate of drug-likeness (QED) is 0.783. The van der Waals surface area contributed by atoms with Crippen LogP contribution in [0.5, 0.6) is 0 Å². The molecule has 1 N–H and O–H groups in total. The monoisotopic (exact) mass is 388 g/mol. The molecule has 0 spiro atoms. The summed E-state index contributed by atoms with van der Waals surface area (Å²) < 4.78 is 7.34. The lowest BCUT2D eigenvalue weighted by Gasteiger charge is -2.47. The summed E-state index contributed by atoms with van der Waals surface area (Å²) in [7, 11) is 0. The number of esters is 1. The van der Waals surface area contributed by atoms with Gasteiger partial charge < -0.3 is 10.1 Å². The molecule has 0 aliphatic heterocycles. The number of rotatable bonds is 5. The maximum Gasteiger partial charge on any atom is 0.311 e. The first-order chi connectivity index (χ1) is 13.2. The maximum absolute atomic E-state index is 12.7. The minimum Gasteiger partial charge on any atom is -0.466 e. The van der Waals surface area contributed by atoms with E-state index in [0.717, 1.165) is 37.0 Å².